The highest BCUT2D eigenvalue weighted by molar-refractivity contribution is 5.72. The zero-order valence-electron chi connectivity index (χ0n) is 12.0. The average Bonchev–Trinajstić information content (AvgIpc) is 2.86. The van der Waals surface area contributed by atoms with Crippen LogP contribution in [0.25, 0.3) is 0 Å². The van der Waals surface area contributed by atoms with E-state index in [-0.39, 0.29) is 5.82 Å². The third-order valence-electron chi connectivity index (χ3n) is 3.16. The first-order valence-electron chi connectivity index (χ1n) is 6.59. The second-order valence-corrected chi connectivity index (χ2v) is 5.36. The number of nitrogens with zero attached hydrogens (tertiary/aromatic N) is 3. The molecular weight excluding hydrogens is 273 g/mol. The van der Waals surface area contributed by atoms with Gasteiger partial charge in [-0.3, -0.25) is 4.68 Å². The molecule has 0 bridgehead atoms. The van der Waals surface area contributed by atoms with Gasteiger partial charge >= 0.3 is 6.03 Å². The zero-order valence-corrected chi connectivity index (χ0v) is 12.0. The van der Waals surface area contributed by atoms with Gasteiger partial charge in [-0.25, -0.2) is 9.18 Å². The first-order valence-corrected chi connectivity index (χ1v) is 6.59. The van der Waals surface area contributed by atoms with Crippen molar-refractivity contribution in [1.29, 1.82) is 0 Å². The second kappa shape index (κ2) is 5.90. The molecule has 6 nitrogen and oxygen atoms in total. The van der Waals surface area contributed by atoms with Crippen LogP contribution in [0.4, 0.5) is 9.18 Å². The fourth-order valence-corrected chi connectivity index (χ4v) is 1.96. The lowest BCUT2D eigenvalue weighted by atomic mass is 10.0. The van der Waals surface area contributed by atoms with Gasteiger partial charge in [-0.15, -0.1) is 5.10 Å². The maximum atomic E-state index is 12.8. The van der Waals surface area contributed by atoms with Crippen LogP contribution in [-0.4, -0.2) is 21.0 Å². The number of aryl methyl sites for hydroxylation is 2. The van der Waals surface area contributed by atoms with E-state index in [4.69, 9.17) is 5.73 Å². The van der Waals surface area contributed by atoms with Gasteiger partial charge in [0.25, 0.3) is 0 Å². The summed E-state index contributed by atoms with van der Waals surface area (Å²) in [5.74, 6) is -0.249. The molecule has 1 heterocycles. The standard InChI is InChI=1S/C14H18FN5O/c1-14(2,17-13(16)21)12-9-20(19-18-12)8-7-10-3-5-11(15)6-4-10/h3-6,9H,7-8H2,1-2H3,(H3,16,17,21). The van der Waals surface area contributed by atoms with Gasteiger partial charge in [0, 0.05) is 6.54 Å². The molecule has 0 radical (unpaired) electrons. The number of rotatable bonds is 5. The first kappa shape index (κ1) is 15.0. The molecule has 0 unspecified atom stereocenters. The molecule has 0 atom stereocenters. The number of carbonyl (C=O) groups is 1. The van der Waals surface area contributed by atoms with Crippen molar-refractivity contribution in [1.82, 2.24) is 20.3 Å². The SMILES string of the molecule is CC(C)(NC(N)=O)c1cn(CCc2ccc(F)cc2)nn1. The van der Waals surface area contributed by atoms with E-state index in [1.165, 1.54) is 12.1 Å². The van der Waals surface area contributed by atoms with Crippen molar-refractivity contribution in [2.45, 2.75) is 32.4 Å². The highest BCUT2D eigenvalue weighted by Crippen LogP contribution is 2.16. The molecule has 0 spiro atoms. The van der Waals surface area contributed by atoms with Gasteiger partial charge in [0.1, 0.15) is 11.5 Å². The van der Waals surface area contributed by atoms with Crippen LogP contribution >= 0.6 is 0 Å². The molecular formula is C14H18FN5O. The molecule has 7 heteroatoms. The fraction of sp³-hybridized carbons (Fsp3) is 0.357. The van der Waals surface area contributed by atoms with Gasteiger partial charge in [-0.2, -0.15) is 0 Å². The van der Waals surface area contributed by atoms with E-state index in [9.17, 15) is 9.18 Å². The minimum atomic E-state index is -0.681. The minimum Gasteiger partial charge on any atom is -0.352 e. The summed E-state index contributed by atoms with van der Waals surface area (Å²) in [4.78, 5) is 11.0. The molecule has 0 saturated heterocycles. The van der Waals surface area contributed by atoms with Crippen molar-refractivity contribution in [3.05, 3.63) is 47.5 Å². The van der Waals surface area contributed by atoms with Crippen LogP contribution in [0.5, 0.6) is 0 Å². The summed E-state index contributed by atoms with van der Waals surface area (Å²) in [6, 6.07) is 5.74. The van der Waals surface area contributed by atoms with Crippen LogP contribution in [0.1, 0.15) is 25.1 Å². The molecule has 112 valence electrons. The number of hydrogen-bond donors (Lipinski definition) is 2. The highest BCUT2D eigenvalue weighted by Gasteiger charge is 2.25. The smallest absolute Gasteiger partial charge is 0.312 e. The molecule has 0 aliphatic heterocycles. The summed E-state index contributed by atoms with van der Waals surface area (Å²) < 4.78 is 14.5. The van der Waals surface area contributed by atoms with E-state index in [1.807, 2.05) is 0 Å². The molecule has 2 amide bonds. The number of nitrogens with one attached hydrogen (secondary N) is 1. The van der Waals surface area contributed by atoms with Crippen molar-refractivity contribution in [3.8, 4) is 0 Å². The van der Waals surface area contributed by atoms with Crippen LogP contribution in [0.2, 0.25) is 0 Å². The summed E-state index contributed by atoms with van der Waals surface area (Å²) >= 11 is 0. The molecule has 21 heavy (non-hydrogen) atoms. The molecule has 1 aromatic heterocycles. The van der Waals surface area contributed by atoms with Gasteiger partial charge in [0.15, 0.2) is 0 Å². The monoisotopic (exact) mass is 291 g/mol. The van der Waals surface area contributed by atoms with E-state index in [0.29, 0.717) is 18.7 Å². The van der Waals surface area contributed by atoms with Gasteiger partial charge < -0.3 is 11.1 Å². The average molecular weight is 291 g/mol. The Labute approximate surface area is 122 Å². The Hall–Kier alpha value is -2.44. The lowest BCUT2D eigenvalue weighted by molar-refractivity contribution is 0.238. The number of carbonyl (C=O) groups excluding carboxylic acids is 1. The molecule has 0 aliphatic rings. The number of aromatic nitrogens is 3. The van der Waals surface area contributed by atoms with E-state index in [0.717, 1.165) is 5.56 Å². The summed E-state index contributed by atoms with van der Waals surface area (Å²) in [5, 5.41) is 10.7. The molecule has 1 aromatic carbocycles. The van der Waals surface area contributed by atoms with Crippen LogP contribution in [-0.2, 0) is 18.5 Å². The number of urea groups is 1. The van der Waals surface area contributed by atoms with Gasteiger partial charge in [0.2, 0.25) is 0 Å². The predicted octanol–water partition coefficient (Wildman–Crippen LogP) is 1.56. The molecule has 0 aliphatic carbocycles. The molecule has 2 aromatic rings. The van der Waals surface area contributed by atoms with E-state index < -0.39 is 11.6 Å². The summed E-state index contributed by atoms with van der Waals surface area (Å²) in [6.45, 7) is 4.21. The predicted molar refractivity (Wildman–Crippen MR) is 75.9 cm³/mol. The summed E-state index contributed by atoms with van der Waals surface area (Å²) in [5.41, 5.74) is 6.10. The molecule has 3 N–H and O–H groups in total. The maximum absolute atomic E-state index is 12.8. The quantitative estimate of drug-likeness (QED) is 0.876. The topological polar surface area (TPSA) is 85.8 Å². The zero-order chi connectivity index (χ0) is 15.5. The van der Waals surface area contributed by atoms with Crippen LogP contribution in [0.3, 0.4) is 0 Å². The van der Waals surface area contributed by atoms with Crippen LogP contribution in [0.15, 0.2) is 30.5 Å². The van der Waals surface area contributed by atoms with Gasteiger partial charge in [-0.05, 0) is 38.0 Å². The molecule has 0 saturated carbocycles. The van der Waals surface area contributed by atoms with E-state index in [2.05, 4.69) is 15.6 Å². The van der Waals surface area contributed by atoms with Crippen molar-refractivity contribution < 1.29 is 9.18 Å². The third kappa shape index (κ3) is 4.01. The molecule has 2 rings (SSSR count). The van der Waals surface area contributed by atoms with E-state index >= 15 is 0 Å². The van der Waals surface area contributed by atoms with Crippen molar-refractivity contribution >= 4 is 6.03 Å². The summed E-state index contributed by atoms with van der Waals surface area (Å²) in [6.07, 6.45) is 2.48. The maximum Gasteiger partial charge on any atom is 0.312 e. The number of nitrogens with two attached hydrogens (primary N) is 1. The third-order valence-corrected chi connectivity index (χ3v) is 3.16. The van der Waals surface area contributed by atoms with E-state index in [1.54, 1.807) is 36.9 Å². The molecule has 0 fully saturated rings. The number of halogens is 1. The van der Waals surface area contributed by atoms with Gasteiger partial charge in [-0.1, -0.05) is 17.3 Å². The Bertz CT molecular complexity index is 621. The second-order valence-electron chi connectivity index (χ2n) is 5.36. The van der Waals surface area contributed by atoms with Crippen molar-refractivity contribution in [3.63, 3.8) is 0 Å². The number of benzene rings is 1. The number of hydrogen-bond acceptors (Lipinski definition) is 3. The van der Waals surface area contributed by atoms with Crippen molar-refractivity contribution in [2.75, 3.05) is 0 Å². The Balaban J connectivity index is 2.00. The Kier molecular flexibility index (Phi) is 4.21. The highest BCUT2D eigenvalue weighted by atomic mass is 19.1. The van der Waals surface area contributed by atoms with Crippen LogP contribution in [0, 0.1) is 5.82 Å². The minimum absolute atomic E-state index is 0.249. The lowest BCUT2D eigenvalue weighted by Gasteiger charge is -2.21. The largest absolute Gasteiger partial charge is 0.352 e. The number of amides is 2. The van der Waals surface area contributed by atoms with Crippen LogP contribution < -0.4 is 11.1 Å². The number of primary amides is 1. The Morgan fingerprint density at radius 3 is 2.67 bits per heavy atom. The summed E-state index contributed by atoms with van der Waals surface area (Å²) in [7, 11) is 0. The van der Waals surface area contributed by atoms with Gasteiger partial charge in [0.05, 0.1) is 11.7 Å². The normalized spacial score (nSPS) is 11.4. The first-order chi connectivity index (χ1) is 9.87. The fourth-order valence-electron chi connectivity index (χ4n) is 1.96. The lowest BCUT2D eigenvalue weighted by Crippen LogP contribution is -2.44. The Morgan fingerprint density at radius 1 is 1.38 bits per heavy atom. The Morgan fingerprint density at radius 2 is 2.05 bits per heavy atom. The van der Waals surface area contributed by atoms with Crippen molar-refractivity contribution in [2.24, 2.45) is 5.73 Å².